The molecule has 0 N–H and O–H groups in total. The summed E-state index contributed by atoms with van der Waals surface area (Å²) in [6.45, 7) is 1.62. The molecule has 0 aliphatic carbocycles. The van der Waals surface area contributed by atoms with Crippen LogP contribution in [0.2, 0.25) is 0 Å². The SMILES string of the molecule is CSCC(=O)N1CCC=C(Br)C1. The molecule has 0 aromatic carbocycles. The maximum atomic E-state index is 11.4. The summed E-state index contributed by atoms with van der Waals surface area (Å²) in [6, 6.07) is 0. The van der Waals surface area contributed by atoms with Crippen molar-refractivity contribution in [2.24, 2.45) is 0 Å². The lowest BCUT2D eigenvalue weighted by Crippen LogP contribution is -2.36. The molecule has 0 spiro atoms. The van der Waals surface area contributed by atoms with Crippen molar-refractivity contribution in [1.29, 1.82) is 0 Å². The van der Waals surface area contributed by atoms with Crippen LogP contribution in [0.4, 0.5) is 0 Å². The second-order valence-corrected chi connectivity index (χ2v) is 4.57. The molecule has 0 bridgehead atoms. The Bertz CT molecular complexity index is 205. The number of thioether (sulfide) groups is 1. The van der Waals surface area contributed by atoms with Crippen LogP contribution in [-0.2, 0) is 4.79 Å². The van der Waals surface area contributed by atoms with Gasteiger partial charge in [-0.15, -0.1) is 0 Å². The van der Waals surface area contributed by atoms with Gasteiger partial charge < -0.3 is 4.90 Å². The lowest BCUT2D eigenvalue weighted by molar-refractivity contribution is -0.128. The van der Waals surface area contributed by atoms with Crippen LogP contribution < -0.4 is 0 Å². The summed E-state index contributed by atoms with van der Waals surface area (Å²) in [4.78, 5) is 13.3. The molecule has 0 radical (unpaired) electrons. The lowest BCUT2D eigenvalue weighted by atomic mass is 10.2. The smallest absolute Gasteiger partial charge is 0.232 e. The Hall–Kier alpha value is 0.0400. The van der Waals surface area contributed by atoms with Crippen molar-refractivity contribution in [2.75, 3.05) is 25.1 Å². The standard InChI is InChI=1S/C8H12BrNOS/c1-12-6-8(11)10-4-2-3-7(9)5-10/h3H,2,4-6H2,1H3. The number of hydrogen-bond acceptors (Lipinski definition) is 2. The largest absolute Gasteiger partial charge is 0.337 e. The summed E-state index contributed by atoms with van der Waals surface area (Å²) in [7, 11) is 0. The molecule has 0 aromatic heterocycles. The Morgan fingerprint density at radius 2 is 2.58 bits per heavy atom. The first kappa shape index (κ1) is 10.1. The van der Waals surface area contributed by atoms with Gasteiger partial charge in [-0.25, -0.2) is 0 Å². The van der Waals surface area contributed by atoms with Crippen LogP contribution in [0.3, 0.4) is 0 Å². The van der Waals surface area contributed by atoms with E-state index in [1.165, 1.54) is 0 Å². The number of carbonyl (C=O) groups is 1. The number of amides is 1. The zero-order valence-corrected chi connectivity index (χ0v) is 9.45. The van der Waals surface area contributed by atoms with Gasteiger partial charge in [0.25, 0.3) is 0 Å². The van der Waals surface area contributed by atoms with E-state index in [4.69, 9.17) is 0 Å². The van der Waals surface area contributed by atoms with Gasteiger partial charge in [-0.2, -0.15) is 11.8 Å². The van der Waals surface area contributed by atoms with Crippen LogP contribution in [-0.4, -0.2) is 35.9 Å². The van der Waals surface area contributed by atoms with E-state index in [1.54, 1.807) is 11.8 Å². The van der Waals surface area contributed by atoms with Gasteiger partial charge in [0.1, 0.15) is 0 Å². The summed E-state index contributed by atoms with van der Waals surface area (Å²) >= 11 is 4.99. The first-order valence-corrected chi connectivity index (χ1v) is 6.04. The van der Waals surface area contributed by atoms with Crippen LogP contribution >= 0.6 is 27.7 Å². The highest BCUT2D eigenvalue weighted by Crippen LogP contribution is 2.15. The molecule has 0 unspecified atom stereocenters. The molecule has 1 aliphatic heterocycles. The van der Waals surface area contributed by atoms with Gasteiger partial charge in [0.2, 0.25) is 5.91 Å². The summed E-state index contributed by atoms with van der Waals surface area (Å²) < 4.78 is 1.13. The number of nitrogens with zero attached hydrogens (tertiary/aromatic N) is 1. The predicted octanol–water partition coefficient (Wildman–Crippen LogP) is 1.86. The van der Waals surface area contributed by atoms with E-state index in [-0.39, 0.29) is 5.91 Å². The second kappa shape index (κ2) is 4.92. The fourth-order valence-corrected chi connectivity index (χ4v) is 2.09. The van der Waals surface area contributed by atoms with Gasteiger partial charge in [0.15, 0.2) is 0 Å². The average molecular weight is 250 g/mol. The van der Waals surface area contributed by atoms with Gasteiger partial charge in [-0.05, 0) is 12.7 Å². The highest BCUT2D eigenvalue weighted by Gasteiger charge is 2.15. The molecule has 4 heteroatoms. The van der Waals surface area contributed by atoms with E-state index in [1.807, 2.05) is 11.2 Å². The van der Waals surface area contributed by atoms with E-state index in [0.717, 1.165) is 24.0 Å². The lowest BCUT2D eigenvalue weighted by Gasteiger charge is -2.25. The van der Waals surface area contributed by atoms with E-state index >= 15 is 0 Å². The average Bonchev–Trinajstić information content (AvgIpc) is 2.05. The molecule has 0 aromatic rings. The minimum absolute atomic E-state index is 0.243. The molecule has 12 heavy (non-hydrogen) atoms. The number of rotatable bonds is 2. The third-order valence-electron chi connectivity index (χ3n) is 1.73. The molecule has 1 aliphatic rings. The molecular formula is C8H12BrNOS. The third-order valence-corrected chi connectivity index (χ3v) is 2.84. The van der Waals surface area contributed by atoms with Crippen LogP contribution in [0, 0.1) is 0 Å². The Morgan fingerprint density at radius 1 is 1.83 bits per heavy atom. The molecule has 0 atom stereocenters. The van der Waals surface area contributed by atoms with Crippen molar-refractivity contribution in [3.05, 3.63) is 10.6 Å². The molecule has 2 nitrogen and oxygen atoms in total. The van der Waals surface area contributed by atoms with Crippen LogP contribution in [0.25, 0.3) is 0 Å². The van der Waals surface area contributed by atoms with E-state index in [9.17, 15) is 4.79 Å². The minimum Gasteiger partial charge on any atom is -0.337 e. The molecule has 1 heterocycles. The Labute approximate surface area is 85.5 Å². The van der Waals surface area contributed by atoms with E-state index in [2.05, 4.69) is 22.0 Å². The minimum atomic E-state index is 0.243. The van der Waals surface area contributed by atoms with Crippen LogP contribution in [0.5, 0.6) is 0 Å². The topological polar surface area (TPSA) is 20.3 Å². The van der Waals surface area contributed by atoms with Gasteiger partial charge in [0, 0.05) is 11.0 Å². The molecule has 68 valence electrons. The summed E-state index contributed by atoms with van der Waals surface area (Å²) in [6.07, 6.45) is 5.05. The zero-order valence-electron chi connectivity index (χ0n) is 7.05. The fraction of sp³-hybridized carbons (Fsp3) is 0.625. The maximum absolute atomic E-state index is 11.4. The van der Waals surface area contributed by atoms with Crippen molar-refractivity contribution >= 4 is 33.6 Å². The Morgan fingerprint density at radius 3 is 3.17 bits per heavy atom. The van der Waals surface area contributed by atoms with Gasteiger partial charge in [-0.3, -0.25) is 4.79 Å². The molecule has 0 saturated carbocycles. The molecule has 0 saturated heterocycles. The van der Waals surface area contributed by atoms with Crippen molar-refractivity contribution in [1.82, 2.24) is 4.90 Å². The zero-order chi connectivity index (χ0) is 8.97. The maximum Gasteiger partial charge on any atom is 0.232 e. The van der Waals surface area contributed by atoms with Crippen LogP contribution in [0.15, 0.2) is 10.6 Å². The number of carbonyl (C=O) groups excluding carboxylic acids is 1. The summed E-state index contributed by atoms with van der Waals surface area (Å²) in [5.74, 6) is 0.841. The van der Waals surface area contributed by atoms with E-state index < -0.39 is 0 Å². The fourth-order valence-electron chi connectivity index (χ4n) is 1.13. The molecule has 0 fully saturated rings. The quantitative estimate of drug-likeness (QED) is 0.745. The van der Waals surface area contributed by atoms with Gasteiger partial charge in [-0.1, -0.05) is 22.0 Å². The molecule has 1 amide bonds. The first-order chi connectivity index (χ1) is 5.74. The molecular weight excluding hydrogens is 238 g/mol. The van der Waals surface area contributed by atoms with Crippen LogP contribution in [0.1, 0.15) is 6.42 Å². The van der Waals surface area contributed by atoms with Gasteiger partial charge >= 0.3 is 0 Å². The summed E-state index contributed by atoms with van der Waals surface area (Å²) in [5.41, 5.74) is 0. The highest BCUT2D eigenvalue weighted by molar-refractivity contribution is 9.11. The van der Waals surface area contributed by atoms with Crippen molar-refractivity contribution in [3.63, 3.8) is 0 Å². The van der Waals surface area contributed by atoms with Crippen molar-refractivity contribution in [3.8, 4) is 0 Å². The monoisotopic (exact) mass is 249 g/mol. The number of halogens is 1. The third kappa shape index (κ3) is 2.83. The normalized spacial score (nSPS) is 17.5. The molecule has 1 rings (SSSR count). The highest BCUT2D eigenvalue weighted by atomic mass is 79.9. The summed E-state index contributed by atoms with van der Waals surface area (Å²) in [5, 5.41) is 0. The second-order valence-electron chi connectivity index (χ2n) is 2.69. The first-order valence-electron chi connectivity index (χ1n) is 3.85. The van der Waals surface area contributed by atoms with E-state index in [0.29, 0.717) is 5.75 Å². The number of hydrogen-bond donors (Lipinski definition) is 0. The van der Waals surface area contributed by atoms with Gasteiger partial charge in [0.05, 0.1) is 12.3 Å². The Kier molecular flexibility index (Phi) is 4.15. The van der Waals surface area contributed by atoms with Crippen molar-refractivity contribution in [2.45, 2.75) is 6.42 Å². The van der Waals surface area contributed by atoms with Crippen molar-refractivity contribution < 1.29 is 4.79 Å². The predicted molar refractivity (Wildman–Crippen MR) is 56.6 cm³/mol. The Balaban J connectivity index is 2.43.